The van der Waals surface area contributed by atoms with Gasteiger partial charge < -0.3 is 9.31 Å². The van der Waals surface area contributed by atoms with Gasteiger partial charge in [-0.05, 0) is 44.7 Å². The SMILES string of the molecule is CCC1(C)OB(c2cc3cc4ccccc4cn3n2)OC1(C)C. The van der Waals surface area contributed by atoms with E-state index in [-0.39, 0.29) is 11.2 Å². The highest BCUT2D eigenvalue weighted by molar-refractivity contribution is 6.61. The zero-order chi connectivity index (χ0) is 16.2. The highest BCUT2D eigenvalue weighted by Gasteiger charge is 2.54. The maximum Gasteiger partial charge on any atom is 0.516 e. The average molecular weight is 308 g/mol. The number of rotatable bonds is 2. The first-order valence-electron chi connectivity index (χ1n) is 8.16. The monoisotopic (exact) mass is 308 g/mol. The van der Waals surface area contributed by atoms with Gasteiger partial charge in [-0.15, -0.1) is 0 Å². The molecule has 1 atom stereocenters. The lowest BCUT2D eigenvalue weighted by molar-refractivity contribution is -0.0118. The van der Waals surface area contributed by atoms with Crippen LogP contribution in [-0.4, -0.2) is 27.9 Å². The largest absolute Gasteiger partial charge is 0.516 e. The van der Waals surface area contributed by atoms with Crippen molar-refractivity contribution >= 4 is 29.0 Å². The van der Waals surface area contributed by atoms with E-state index in [1.54, 1.807) is 0 Å². The Hall–Kier alpha value is -1.85. The Morgan fingerprint density at radius 2 is 1.83 bits per heavy atom. The van der Waals surface area contributed by atoms with Crippen molar-refractivity contribution in [2.45, 2.75) is 45.3 Å². The maximum atomic E-state index is 6.23. The lowest BCUT2D eigenvalue weighted by Crippen LogP contribution is -2.44. The highest BCUT2D eigenvalue weighted by Crippen LogP contribution is 2.39. The third-order valence-electron chi connectivity index (χ3n) is 5.30. The van der Waals surface area contributed by atoms with Gasteiger partial charge in [0.15, 0.2) is 0 Å². The minimum absolute atomic E-state index is 0.307. The molecule has 2 aromatic heterocycles. The summed E-state index contributed by atoms with van der Waals surface area (Å²) in [6, 6.07) is 12.5. The molecular formula is C18H21BN2O2. The minimum Gasteiger partial charge on any atom is -0.398 e. The van der Waals surface area contributed by atoms with Gasteiger partial charge in [-0.25, -0.2) is 4.52 Å². The van der Waals surface area contributed by atoms with Gasteiger partial charge in [0.25, 0.3) is 0 Å². The summed E-state index contributed by atoms with van der Waals surface area (Å²) in [7, 11) is -0.419. The normalized spacial score (nSPS) is 23.9. The fraction of sp³-hybridized carbons (Fsp3) is 0.389. The molecule has 4 rings (SSSR count). The summed E-state index contributed by atoms with van der Waals surface area (Å²) in [5, 5.41) is 7.05. The standard InChI is InChI=1S/C18H21BN2O2/c1-5-18(4)17(2,3)22-19(23-18)16-11-15-10-13-8-6-7-9-14(13)12-21(15)20-16/h6-12H,5H2,1-4H3. The molecule has 0 radical (unpaired) electrons. The van der Waals surface area contributed by atoms with Gasteiger partial charge in [-0.3, -0.25) is 0 Å². The van der Waals surface area contributed by atoms with Crippen LogP contribution in [0, 0.1) is 0 Å². The van der Waals surface area contributed by atoms with Crippen LogP contribution in [0.2, 0.25) is 0 Å². The van der Waals surface area contributed by atoms with Crippen molar-refractivity contribution in [1.29, 1.82) is 0 Å². The third kappa shape index (κ3) is 2.18. The molecule has 1 saturated heterocycles. The van der Waals surface area contributed by atoms with Crippen molar-refractivity contribution in [1.82, 2.24) is 9.61 Å². The second-order valence-corrected chi connectivity index (χ2v) is 7.00. The van der Waals surface area contributed by atoms with Crippen LogP contribution in [0.25, 0.3) is 16.3 Å². The first-order chi connectivity index (χ1) is 10.9. The second kappa shape index (κ2) is 4.82. The molecule has 0 amide bonds. The van der Waals surface area contributed by atoms with E-state index in [1.165, 1.54) is 10.8 Å². The summed E-state index contributed by atoms with van der Waals surface area (Å²) < 4.78 is 14.3. The lowest BCUT2D eigenvalue weighted by atomic mass is 9.85. The summed E-state index contributed by atoms with van der Waals surface area (Å²) in [6.07, 6.45) is 2.95. The van der Waals surface area contributed by atoms with Gasteiger partial charge in [0.2, 0.25) is 0 Å². The molecule has 5 heteroatoms. The molecule has 0 N–H and O–H groups in total. The van der Waals surface area contributed by atoms with E-state index in [2.05, 4.69) is 63.1 Å². The van der Waals surface area contributed by atoms with E-state index in [4.69, 9.17) is 9.31 Å². The summed E-state index contributed by atoms with van der Waals surface area (Å²) >= 11 is 0. The molecule has 0 spiro atoms. The number of pyridine rings is 1. The Bertz CT molecular complexity index is 836. The molecule has 0 aliphatic carbocycles. The predicted molar refractivity (Wildman–Crippen MR) is 93.0 cm³/mol. The Kier molecular flexibility index (Phi) is 3.09. The molecule has 1 aliphatic heterocycles. The van der Waals surface area contributed by atoms with E-state index in [0.717, 1.165) is 17.5 Å². The molecule has 3 aromatic rings. The number of benzene rings is 1. The van der Waals surface area contributed by atoms with Crippen LogP contribution >= 0.6 is 0 Å². The zero-order valence-corrected chi connectivity index (χ0v) is 14.0. The van der Waals surface area contributed by atoms with Gasteiger partial charge in [0.1, 0.15) is 0 Å². The van der Waals surface area contributed by atoms with E-state index < -0.39 is 7.12 Å². The summed E-state index contributed by atoms with van der Waals surface area (Å²) in [5.74, 6) is 0. The number of aromatic nitrogens is 2. The van der Waals surface area contributed by atoms with E-state index in [0.29, 0.717) is 0 Å². The van der Waals surface area contributed by atoms with Crippen molar-refractivity contribution in [3.05, 3.63) is 42.6 Å². The minimum atomic E-state index is -0.419. The van der Waals surface area contributed by atoms with Crippen LogP contribution in [-0.2, 0) is 9.31 Å². The van der Waals surface area contributed by atoms with Crippen molar-refractivity contribution < 1.29 is 9.31 Å². The Morgan fingerprint density at radius 3 is 2.52 bits per heavy atom. The molecule has 1 unspecified atom stereocenters. The third-order valence-corrected chi connectivity index (χ3v) is 5.30. The molecule has 0 bridgehead atoms. The van der Waals surface area contributed by atoms with Gasteiger partial charge in [0, 0.05) is 11.6 Å². The highest BCUT2D eigenvalue weighted by atomic mass is 16.7. The molecule has 3 heterocycles. The average Bonchev–Trinajstić information content (AvgIpc) is 3.03. The fourth-order valence-corrected chi connectivity index (χ4v) is 3.23. The Morgan fingerprint density at radius 1 is 1.09 bits per heavy atom. The molecule has 4 nitrogen and oxygen atoms in total. The number of hydrogen-bond donors (Lipinski definition) is 0. The summed E-state index contributed by atoms with van der Waals surface area (Å²) in [6.45, 7) is 8.40. The van der Waals surface area contributed by atoms with Crippen LogP contribution in [0.4, 0.5) is 0 Å². The van der Waals surface area contributed by atoms with Crippen LogP contribution in [0.1, 0.15) is 34.1 Å². The molecule has 0 saturated carbocycles. The molecule has 1 aromatic carbocycles. The molecule has 1 fully saturated rings. The van der Waals surface area contributed by atoms with Gasteiger partial charge in [-0.1, -0.05) is 31.2 Å². The second-order valence-electron chi connectivity index (χ2n) is 7.00. The van der Waals surface area contributed by atoms with Gasteiger partial charge in [-0.2, -0.15) is 5.10 Å². The van der Waals surface area contributed by atoms with Gasteiger partial charge >= 0.3 is 7.12 Å². The van der Waals surface area contributed by atoms with E-state index in [9.17, 15) is 0 Å². The van der Waals surface area contributed by atoms with Crippen molar-refractivity contribution in [2.75, 3.05) is 0 Å². The quantitative estimate of drug-likeness (QED) is 0.682. The summed E-state index contributed by atoms with van der Waals surface area (Å²) in [5.41, 5.74) is 1.23. The molecule has 23 heavy (non-hydrogen) atoms. The Balaban J connectivity index is 1.77. The molecule has 118 valence electrons. The molecule has 1 aliphatic rings. The zero-order valence-electron chi connectivity index (χ0n) is 14.0. The van der Waals surface area contributed by atoms with Gasteiger partial charge in [0.05, 0.1) is 22.3 Å². The maximum absolute atomic E-state index is 6.23. The smallest absolute Gasteiger partial charge is 0.398 e. The number of fused-ring (bicyclic) bond motifs is 2. The number of nitrogens with zero attached hydrogens (tertiary/aromatic N) is 2. The van der Waals surface area contributed by atoms with Crippen LogP contribution in [0.5, 0.6) is 0 Å². The van der Waals surface area contributed by atoms with Crippen LogP contribution in [0.3, 0.4) is 0 Å². The predicted octanol–water partition coefficient (Wildman–Crippen LogP) is 3.18. The first-order valence-corrected chi connectivity index (χ1v) is 8.16. The van der Waals surface area contributed by atoms with E-state index >= 15 is 0 Å². The van der Waals surface area contributed by atoms with E-state index in [1.807, 2.05) is 16.8 Å². The van der Waals surface area contributed by atoms with Crippen molar-refractivity contribution in [3.8, 4) is 0 Å². The fourth-order valence-electron chi connectivity index (χ4n) is 3.23. The first kappa shape index (κ1) is 14.7. The van der Waals surface area contributed by atoms with Crippen LogP contribution in [0.15, 0.2) is 42.6 Å². The van der Waals surface area contributed by atoms with Crippen LogP contribution < -0.4 is 5.59 Å². The summed E-state index contributed by atoms with van der Waals surface area (Å²) in [4.78, 5) is 0. The lowest BCUT2D eigenvalue weighted by Gasteiger charge is -2.35. The van der Waals surface area contributed by atoms with Crippen molar-refractivity contribution in [3.63, 3.8) is 0 Å². The molecular weight excluding hydrogens is 287 g/mol. The topological polar surface area (TPSA) is 35.8 Å². The van der Waals surface area contributed by atoms with Crippen molar-refractivity contribution in [2.24, 2.45) is 0 Å². The number of hydrogen-bond acceptors (Lipinski definition) is 3. The Labute approximate surface area is 136 Å².